The van der Waals surface area contributed by atoms with Gasteiger partial charge < -0.3 is 57.4 Å². The number of nitrogens with one attached hydrogen (secondary N) is 4. The molecule has 1 aliphatic heterocycles. The zero-order valence-electron chi connectivity index (χ0n) is 22.0. The van der Waals surface area contributed by atoms with Crippen LogP contribution in [0.2, 0.25) is 0 Å². The second-order valence-electron chi connectivity index (χ2n) is 8.03. The molecule has 0 saturated carbocycles. The predicted octanol–water partition coefficient (Wildman–Crippen LogP) is -3.57. The van der Waals surface area contributed by atoms with E-state index in [1.54, 1.807) is 0 Å². The molecule has 2 radical (unpaired) electrons. The Morgan fingerprint density at radius 2 is 0.780 bits per heavy atom. The Labute approximate surface area is 257 Å². The van der Waals surface area contributed by atoms with Gasteiger partial charge >= 0.3 is 23.9 Å². The molecule has 1 saturated heterocycles. The van der Waals surface area contributed by atoms with Gasteiger partial charge in [0.15, 0.2) is 0 Å². The van der Waals surface area contributed by atoms with E-state index >= 15 is 0 Å². The number of nitrogens with zero attached hydrogens (tertiary/aromatic N) is 2. The van der Waals surface area contributed by atoms with E-state index in [1.807, 2.05) is 0 Å². The van der Waals surface area contributed by atoms with Crippen molar-refractivity contribution in [2.45, 2.75) is 0 Å². The standard InChI is InChI=1S/C12H30N6O2.C10H6O8.2Cu.H2O/c19-7-5-17-9-13-1-2-14-10-18(6-8-20)12-16-4-3-15-11-17;11-7(12)3-1-4(8(13)14)6(10(17)18)2-5(3)9(15)16;;;/h13-16,19-20H,1-12H2;1-2H,(H,11,12)(H,13,14)(H,15,16)(H,17,18);;;1H2. The summed E-state index contributed by atoms with van der Waals surface area (Å²) in [6.07, 6.45) is 0. The van der Waals surface area contributed by atoms with E-state index in [0.717, 1.165) is 52.9 Å². The molecule has 0 bridgehead atoms. The molecule has 244 valence electrons. The molecular formula is C22H38Cu2N6O11. The summed E-state index contributed by atoms with van der Waals surface area (Å²) in [5.41, 5.74) is -3.15. The molecule has 2 rings (SSSR count). The molecule has 1 aromatic carbocycles. The molecule has 0 unspecified atom stereocenters. The molecule has 17 nitrogen and oxygen atoms in total. The summed E-state index contributed by atoms with van der Waals surface area (Å²) in [6.45, 7) is 8.27. The van der Waals surface area contributed by atoms with Crippen LogP contribution in [0.5, 0.6) is 0 Å². The van der Waals surface area contributed by atoms with Gasteiger partial charge in [0.25, 0.3) is 0 Å². The molecule has 0 aromatic heterocycles. The second kappa shape index (κ2) is 24.4. The Bertz CT molecular complexity index is 809. The van der Waals surface area contributed by atoms with Crippen LogP contribution in [-0.4, -0.2) is 149 Å². The second-order valence-corrected chi connectivity index (χ2v) is 8.03. The Hall–Kier alpha value is -2.22. The van der Waals surface area contributed by atoms with Gasteiger partial charge in [0, 0.05) is 100 Å². The van der Waals surface area contributed by atoms with E-state index in [1.165, 1.54) is 0 Å². The SMILES string of the molecule is O.O=C(O)c1cc(C(=O)O)c(C(=O)O)cc1C(=O)O.OCCN1CNCCNCN(CCO)CNCCNC1.[Cu].[Cu]. The largest absolute Gasteiger partial charge is 0.478 e. The molecular weight excluding hydrogens is 651 g/mol. The van der Waals surface area contributed by atoms with Crippen molar-refractivity contribution in [3.8, 4) is 0 Å². The number of carbonyl (C=O) groups is 4. The van der Waals surface area contributed by atoms with Crippen molar-refractivity contribution in [2.75, 3.05) is 79.2 Å². The third kappa shape index (κ3) is 16.7. The van der Waals surface area contributed by atoms with Gasteiger partial charge in [0.1, 0.15) is 0 Å². The first-order valence-corrected chi connectivity index (χ1v) is 11.7. The third-order valence-electron chi connectivity index (χ3n) is 5.21. The zero-order valence-corrected chi connectivity index (χ0v) is 23.8. The van der Waals surface area contributed by atoms with Crippen LogP contribution < -0.4 is 21.3 Å². The Balaban J connectivity index is -0.000000659. The zero-order chi connectivity index (χ0) is 28.5. The van der Waals surface area contributed by atoms with Crippen LogP contribution in [0.3, 0.4) is 0 Å². The monoisotopic (exact) mass is 688 g/mol. The minimum atomic E-state index is -1.66. The normalized spacial score (nSPS) is 15.3. The van der Waals surface area contributed by atoms with Gasteiger partial charge in [-0.25, -0.2) is 19.2 Å². The molecule has 0 amide bonds. The van der Waals surface area contributed by atoms with Crippen LogP contribution in [0.25, 0.3) is 0 Å². The Kier molecular flexibility index (Phi) is 25.7. The molecule has 41 heavy (non-hydrogen) atoms. The summed E-state index contributed by atoms with van der Waals surface area (Å²) in [4.78, 5) is 47.4. The first-order chi connectivity index (χ1) is 18.1. The first kappa shape index (κ1) is 43.2. The predicted molar refractivity (Wildman–Crippen MR) is 137 cm³/mol. The topological polar surface area (TPSA) is 276 Å². The molecule has 12 N–H and O–H groups in total. The average Bonchev–Trinajstić information content (AvgIpc) is 2.86. The molecule has 19 heteroatoms. The molecule has 1 fully saturated rings. The minimum Gasteiger partial charge on any atom is -0.478 e. The van der Waals surface area contributed by atoms with Crippen molar-refractivity contribution < 1.29 is 89.4 Å². The number of aliphatic hydroxyl groups is 2. The Morgan fingerprint density at radius 1 is 0.561 bits per heavy atom. The van der Waals surface area contributed by atoms with E-state index in [9.17, 15) is 19.2 Å². The van der Waals surface area contributed by atoms with Crippen molar-refractivity contribution in [1.82, 2.24) is 31.1 Å². The van der Waals surface area contributed by atoms with Gasteiger partial charge in [-0.3, -0.25) is 9.80 Å². The molecule has 1 aliphatic rings. The fourth-order valence-electron chi connectivity index (χ4n) is 3.32. The number of hydrogen-bond acceptors (Lipinski definition) is 12. The number of aromatic carboxylic acids is 4. The maximum absolute atomic E-state index is 10.8. The van der Waals surface area contributed by atoms with E-state index in [-0.39, 0.29) is 52.8 Å². The van der Waals surface area contributed by atoms with E-state index < -0.39 is 46.1 Å². The van der Waals surface area contributed by atoms with Gasteiger partial charge in [-0.15, -0.1) is 0 Å². The number of aliphatic hydroxyl groups excluding tert-OH is 2. The summed E-state index contributed by atoms with van der Waals surface area (Å²) >= 11 is 0. The molecule has 0 aliphatic carbocycles. The smallest absolute Gasteiger partial charge is 0.336 e. The summed E-state index contributed by atoms with van der Waals surface area (Å²) in [7, 11) is 0. The number of β-amino-alcohol motifs (C(OH)–C–C–N with tert-alkyl or cyclic N) is 2. The summed E-state index contributed by atoms with van der Waals surface area (Å²) < 4.78 is 0. The van der Waals surface area contributed by atoms with E-state index in [2.05, 4.69) is 31.1 Å². The average molecular weight is 690 g/mol. The van der Waals surface area contributed by atoms with Crippen molar-refractivity contribution in [3.63, 3.8) is 0 Å². The van der Waals surface area contributed by atoms with Crippen LogP contribution >= 0.6 is 0 Å². The molecule has 0 spiro atoms. The number of carboxylic acid groups (broad SMARTS) is 4. The fraction of sp³-hybridized carbons (Fsp3) is 0.545. The maximum atomic E-state index is 10.8. The van der Waals surface area contributed by atoms with Crippen molar-refractivity contribution >= 4 is 23.9 Å². The van der Waals surface area contributed by atoms with Crippen molar-refractivity contribution in [2.24, 2.45) is 0 Å². The summed E-state index contributed by atoms with van der Waals surface area (Å²) in [5.74, 6) is -6.64. The summed E-state index contributed by atoms with van der Waals surface area (Å²) in [5, 5.41) is 66.4. The molecule has 1 aromatic rings. The van der Waals surface area contributed by atoms with Crippen LogP contribution in [0.15, 0.2) is 12.1 Å². The van der Waals surface area contributed by atoms with E-state index in [0.29, 0.717) is 25.2 Å². The van der Waals surface area contributed by atoms with Crippen molar-refractivity contribution in [1.29, 1.82) is 0 Å². The third-order valence-corrected chi connectivity index (χ3v) is 5.21. The van der Waals surface area contributed by atoms with Crippen LogP contribution in [0.4, 0.5) is 0 Å². The molecule has 0 atom stereocenters. The summed E-state index contributed by atoms with van der Waals surface area (Å²) in [6, 6.07) is 1.02. The van der Waals surface area contributed by atoms with Gasteiger partial charge in [-0.05, 0) is 12.1 Å². The van der Waals surface area contributed by atoms with Crippen LogP contribution in [0, 0.1) is 0 Å². The number of rotatable bonds is 8. The van der Waals surface area contributed by atoms with Crippen molar-refractivity contribution in [3.05, 3.63) is 34.4 Å². The van der Waals surface area contributed by atoms with E-state index in [4.69, 9.17) is 30.6 Å². The number of carboxylic acids is 4. The van der Waals surface area contributed by atoms with Gasteiger partial charge in [-0.2, -0.15) is 0 Å². The van der Waals surface area contributed by atoms with Gasteiger partial charge in [0.05, 0.1) is 35.5 Å². The van der Waals surface area contributed by atoms with Crippen LogP contribution in [-0.2, 0) is 34.1 Å². The van der Waals surface area contributed by atoms with Gasteiger partial charge in [0.2, 0.25) is 0 Å². The van der Waals surface area contributed by atoms with Gasteiger partial charge in [-0.1, -0.05) is 0 Å². The molecule has 1 heterocycles. The number of hydrogen-bond donors (Lipinski definition) is 10. The number of benzene rings is 1. The quantitative estimate of drug-likeness (QED) is 0.118. The first-order valence-electron chi connectivity index (χ1n) is 11.7. The maximum Gasteiger partial charge on any atom is 0.336 e. The minimum absolute atomic E-state index is 0. The fourth-order valence-corrected chi connectivity index (χ4v) is 3.32. The Morgan fingerprint density at radius 3 is 0.951 bits per heavy atom. The van der Waals surface area contributed by atoms with Crippen LogP contribution in [0.1, 0.15) is 41.4 Å².